The van der Waals surface area contributed by atoms with Crippen LogP contribution in [0.25, 0.3) is 0 Å². The summed E-state index contributed by atoms with van der Waals surface area (Å²) in [6.07, 6.45) is 0. The molecule has 1 saturated heterocycles. The third kappa shape index (κ3) is 4.80. The number of thiocarbonyl (C=S) groups is 1. The van der Waals surface area contributed by atoms with E-state index in [0.717, 1.165) is 48.8 Å². The van der Waals surface area contributed by atoms with E-state index in [1.807, 2.05) is 38.1 Å². The molecule has 0 atom stereocenters. The zero-order chi connectivity index (χ0) is 18.4. The summed E-state index contributed by atoms with van der Waals surface area (Å²) in [6, 6.07) is 16.4. The maximum atomic E-state index is 5.40. The zero-order valence-electron chi connectivity index (χ0n) is 15.2. The third-order valence-corrected chi connectivity index (χ3v) is 4.57. The van der Waals surface area contributed by atoms with E-state index < -0.39 is 0 Å². The Morgan fingerprint density at radius 2 is 1.77 bits per heavy atom. The Kier molecular flexibility index (Phi) is 6.20. The van der Waals surface area contributed by atoms with E-state index >= 15 is 0 Å². The van der Waals surface area contributed by atoms with Gasteiger partial charge in [-0.1, -0.05) is 30.3 Å². The van der Waals surface area contributed by atoms with E-state index in [0.29, 0.717) is 5.11 Å². The fourth-order valence-corrected chi connectivity index (χ4v) is 2.95. The highest BCUT2D eigenvalue weighted by Gasteiger charge is 2.11. The van der Waals surface area contributed by atoms with Gasteiger partial charge in [-0.2, -0.15) is 5.10 Å². The number of nitrogens with one attached hydrogen (secondary N) is 2. The monoisotopic (exact) mass is 368 g/mol. The molecule has 1 aliphatic rings. The van der Waals surface area contributed by atoms with Gasteiger partial charge in [0.25, 0.3) is 0 Å². The molecule has 2 aromatic rings. The fourth-order valence-electron chi connectivity index (χ4n) is 2.80. The average Bonchev–Trinajstić information content (AvgIpc) is 2.69. The molecule has 6 heteroatoms. The molecule has 1 heterocycles. The second-order valence-corrected chi connectivity index (χ2v) is 6.63. The summed E-state index contributed by atoms with van der Waals surface area (Å²) in [5, 5.41) is 8.03. The maximum absolute atomic E-state index is 5.40. The number of hydrazone groups is 1. The Bertz CT molecular complexity index is 783. The van der Waals surface area contributed by atoms with Crippen LogP contribution in [0.2, 0.25) is 0 Å². The molecule has 1 aliphatic heterocycles. The topological polar surface area (TPSA) is 48.9 Å². The molecule has 0 amide bonds. The Labute approximate surface area is 160 Å². The molecule has 0 saturated carbocycles. The highest BCUT2D eigenvalue weighted by Crippen LogP contribution is 2.17. The van der Waals surface area contributed by atoms with Gasteiger partial charge in [-0.3, -0.25) is 5.43 Å². The molecule has 0 radical (unpaired) electrons. The summed E-state index contributed by atoms with van der Waals surface area (Å²) < 4.78 is 5.40. The number of aryl methyl sites for hydroxylation is 1. The van der Waals surface area contributed by atoms with Crippen molar-refractivity contribution in [3.8, 4) is 0 Å². The van der Waals surface area contributed by atoms with Gasteiger partial charge in [-0.15, -0.1) is 0 Å². The normalized spacial score (nSPS) is 14.8. The smallest absolute Gasteiger partial charge is 0.191 e. The molecule has 0 bridgehead atoms. The SMILES string of the molecule is C/C(=N/NC(=S)Nc1ccccc1C)c1ccc(N2CCOCC2)cc1. The lowest BCUT2D eigenvalue weighted by molar-refractivity contribution is 0.122. The van der Waals surface area contributed by atoms with Crippen molar-refractivity contribution >= 4 is 34.4 Å². The van der Waals surface area contributed by atoms with Gasteiger partial charge in [-0.05, 0) is 55.4 Å². The number of hydrogen-bond donors (Lipinski definition) is 2. The van der Waals surface area contributed by atoms with E-state index in [4.69, 9.17) is 17.0 Å². The van der Waals surface area contributed by atoms with Crippen LogP contribution in [0.3, 0.4) is 0 Å². The van der Waals surface area contributed by atoms with Gasteiger partial charge in [0.2, 0.25) is 0 Å². The van der Waals surface area contributed by atoms with Crippen LogP contribution in [0.1, 0.15) is 18.1 Å². The number of ether oxygens (including phenoxy) is 1. The quantitative estimate of drug-likeness (QED) is 0.491. The molecule has 0 aliphatic carbocycles. The summed E-state index contributed by atoms with van der Waals surface area (Å²) in [4.78, 5) is 2.33. The lowest BCUT2D eigenvalue weighted by Crippen LogP contribution is -2.36. The minimum Gasteiger partial charge on any atom is -0.378 e. The first kappa shape index (κ1) is 18.4. The molecule has 136 valence electrons. The van der Waals surface area contributed by atoms with E-state index in [-0.39, 0.29) is 0 Å². The molecule has 5 nitrogen and oxygen atoms in total. The largest absolute Gasteiger partial charge is 0.378 e. The van der Waals surface area contributed by atoms with Gasteiger partial charge in [0.1, 0.15) is 0 Å². The van der Waals surface area contributed by atoms with Gasteiger partial charge in [0.15, 0.2) is 5.11 Å². The molecule has 0 spiro atoms. The van der Waals surface area contributed by atoms with Crippen molar-refractivity contribution in [1.82, 2.24) is 5.43 Å². The Hall–Kier alpha value is -2.44. The molecular formula is C20H24N4OS. The lowest BCUT2D eigenvalue weighted by atomic mass is 10.1. The summed E-state index contributed by atoms with van der Waals surface area (Å²) in [5.41, 5.74) is 8.19. The van der Waals surface area contributed by atoms with Crippen LogP contribution < -0.4 is 15.6 Å². The van der Waals surface area contributed by atoms with Crippen molar-refractivity contribution in [2.75, 3.05) is 36.5 Å². The third-order valence-electron chi connectivity index (χ3n) is 4.38. The Morgan fingerprint density at radius 1 is 1.08 bits per heavy atom. The highest BCUT2D eigenvalue weighted by atomic mass is 32.1. The number of benzene rings is 2. The first-order valence-corrected chi connectivity index (χ1v) is 9.14. The summed E-state index contributed by atoms with van der Waals surface area (Å²) in [6.45, 7) is 7.46. The van der Waals surface area contributed by atoms with E-state index in [9.17, 15) is 0 Å². The predicted molar refractivity (Wildman–Crippen MR) is 112 cm³/mol. The molecular weight excluding hydrogens is 344 g/mol. The van der Waals surface area contributed by atoms with Crippen molar-refractivity contribution in [2.45, 2.75) is 13.8 Å². The van der Waals surface area contributed by atoms with Gasteiger partial charge >= 0.3 is 0 Å². The van der Waals surface area contributed by atoms with Gasteiger partial charge in [0, 0.05) is 24.5 Å². The van der Waals surface area contributed by atoms with Crippen molar-refractivity contribution in [2.24, 2.45) is 5.10 Å². The van der Waals surface area contributed by atoms with Crippen LogP contribution in [-0.4, -0.2) is 37.1 Å². The second kappa shape index (κ2) is 8.78. The minimum absolute atomic E-state index is 0.476. The Balaban J connectivity index is 1.58. The molecule has 2 aromatic carbocycles. The zero-order valence-corrected chi connectivity index (χ0v) is 16.0. The van der Waals surface area contributed by atoms with E-state index in [1.54, 1.807) is 0 Å². The van der Waals surface area contributed by atoms with Crippen molar-refractivity contribution in [3.05, 3.63) is 59.7 Å². The van der Waals surface area contributed by atoms with Crippen LogP contribution >= 0.6 is 12.2 Å². The molecule has 26 heavy (non-hydrogen) atoms. The van der Waals surface area contributed by atoms with Gasteiger partial charge in [-0.25, -0.2) is 0 Å². The minimum atomic E-state index is 0.476. The number of anilines is 2. The molecule has 0 unspecified atom stereocenters. The van der Waals surface area contributed by atoms with E-state index in [1.165, 1.54) is 5.69 Å². The van der Waals surface area contributed by atoms with Crippen molar-refractivity contribution in [3.63, 3.8) is 0 Å². The van der Waals surface area contributed by atoms with Crippen molar-refractivity contribution in [1.29, 1.82) is 0 Å². The average molecular weight is 369 g/mol. The highest BCUT2D eigenvalue weighted by molar-refractivity contribution is 7.80. The van der Waals surface area contributed by atoms with Crippen molar-refractivity contribution < 1.29 is 4.74 Å². The molecule has 3 rings (SSSR count). The van der Waals surface area contributed by atoms with Crippen LogP contribution in [-0.2, 0) is 4.74 Å². The maximum Gasteiger partial charge on any atom is 0.191 e. The Morgan fingerprint density at radius 3 is 2.46 bits per heavy atom. The predicted octanol–water partition coefficient (Wildman–Crippen LogP) is 3.54. The van der Waals surface area contributed by atoms with Crippen LogP contribution in [0.5, 0.6) is 0 Å². The van der Waals surface area contributed by atoms with Crippen LogP contribution in [0.4, 0.5) is 11.4 Å². The molecule has 0 aromatic heterocycles. The number of rotatable bonds is 4. The van der Waals surface area contributed by atoms with Crippen LogP contribution in [0, 0.1) is 6.92 Å². The van der Waals surface area contributed by atoms with Crippen LogP contribution in [0.15, 0.2) is 53.6 Å². The summed E-state index contributed by atoms with van der Waals surface area (Å²) >= 11 is 5.32. The summed E-state index contributed by atoms with van der Waals surface area (Å²) in [7, 11) is 0. The first-order valence-electron chi connectivity index (χ1n) is 8.73. The number of hydrogen-bond acceptors (Lipinski definition) is 4. The van der Waals surface area contributed by atoms with Gasteiger partial charge < -0.3 is 15.0 Å². The number of morpholine rings is 1. The van der Waals surface area contributed by atoms with E-state index in [2.05, 4.69) is 45.0 Å². The molecule has 1 fully saturated rings. The summed E-state index contributed by atoms with van der Waals surface area (Å²) in [5.74, 6) is 0. The number of nitrogens with zero attached hydrogens (tertiary/aromatic N) is 2. The number of para-hydroxylation sites is 1. The fraction of sp³-hybridized carbons (Fsp3) is 0.300. The molecule has 2 N–H and O–H groups in total. The first-order chi connectivity index (χ1) is 12.6. The second-order valence-electron chi connectivity index (χ2n) is 6.22. The standard InChI is InChI=1S/C20H24N4OS/c1-15-5-3-4-6-19(15)21-20(26)23-22-16(2)17-7-9-18(10-8-17)24-11-13-25-14-12-24/h3-10H,11-14H2,1-2H3,(H2,21,23,26)/b22-16-. The van der Waals surface area contributed by atoms with Gasteiger partial charge in [0.05, 0.1) is 18.9 Å². The lowest BCUT2D eigenvalue weighted by Gasteiger charge is -2.28.